The molecule has 200 valence electrons. The number of hydrogen-bond donors (Lipinski definition) is 1. The predicted molar refractivity (Wildman–Crippen MR) is 134 cm³/mol. The fourth-order valence-electron chi connectivity index (χ4n) is 4.72. The molecule has 11 heteroatoms. The maximum atomic E-state index is 10.6. The quantitative estimate of drug-likeness (QED) is 0.595. The van der Waals surface area contributed by atoms with E-state index in [0.29, 0.717) is 17.6 Å². The number of nitriles is 1. The number of alkyl halides is 3. The molecule has 0 radical (unpaired) electrons. The van der Waals surface area contributed by atoms with Crippen molar-refractivity contribution < 1.29 is 27.8 Å². The lowest BCUT2D eigenvalue weighted by Crippen LogP contribution is -2.56. The number of benzene rings is 1. The molecule has 3 heterocycles. The van der Waals surface area contributed by atoms with Crippen molar-refractivity contribution in [3.63, 3.8) is 0 Å². The van der Waals surface area contributed by atoms with Crippen LogP contribution in [0, 0.1) is 18.3 Å². The third-order valence-electron chi connectivity index (χ3n) is 6.62. The highest BCUT2D eigenvalue weighted by Gasteiger charge is 2.38. The second-order valence-electron chi connectivity index (χ2n) is 9.28. The van der Waals surface area contributed by atoms with Crippen molar-refractivity contribution in [3.05, 3.63) is 58.2 Å². The minimum atomic E-state index is -5.08. The van der Waals surface area contributed by atoms with E-state index in [-0.39, 0.29) is 6.10 Å². The van der Waals surface area contributed by atoms with Crippen molar-refractivity contribution in [3.8, 4) is 6.07 Å². The van der Waals surface area contributed by atoms with E-state index in [1.165, 1.54) is 5.56 Å². The number of ether oxygens (including phenoxy) is 1. The van der Waals surface area contributed by atoms with Gasteiger partial charge in [-0.2, -0.15) is 18.4 Å². The van der Waals surface area contributed by atoms with Gasteiger partial charge in [-0.05, 0) is 62.4 Å². The van der Waals surface area contributed by atoms with Crippen molar-refractivity contribution in [1.82, 2.24) is 9.88 Å². The summed E-state index contributed by atoms with van der Waals surface area (Å²) in [6.07, 6.45) is 0.105. The molecule has 0 aliphatic carbocycles. The van der Waals surface area contributed by atoms with Crippen LogP contribution >= 0.6 is 11.6 Å². The average Bonchev–Trinajstić information content (AvgIpc) is 2.86. The van der Waals surface area contributed by atoms with E-state index >= 15 is 0 Å². The molecule has 1 N–H and O–H groups in total. The molecule has 2 fully saturated rings. The molecule has 0 amide bonds. The standard InChI is InChI=1S/C24H29ClN4O.C2HF3O2/c1-17-7-10-27-24(23(17)14-26)28-11-8-21(9-12-28)29-15-18(2)30-16-22(29)13-19-3-5-20(25)6-4-19;3-2(4,5)1(6)7/h3-7,10,18,21-22H,8-9,11-13,15-16H2,1-2H3;(H,6,7)/t18-,22-;/m0./s1. The van der Waals surface area contributed by atoms with Crippen LogP contribution in [0.25, 0.3) is 0 Å². The van der Waals surface area contributed by atoms with Gasteiger partial charge in [0.1, 0.15) is 11.9 Å². The molecule has 7 nitrogen and oxygen atoms in total. The molecule has 1 aromatic heterocycles. The SMILES string of the molecule is Cc1ccnc(N2CCC(N3C[C@H](C)OC[C@@H]3Cc3ccc(Cl)cc3)CC2)c1C#N.O=C(O)C(F)(F)F. The number of aliphatic carboxylic acids is 1. The van der Waals surface area contributed by atoms with Crippen molar-refractivity contribution in [2.75, 3.05) is 31.1 Å². The molecule has 4 rings (SSSR count). The van der Waals surface area contributed by atoms with Gasteiger partial charge >= 0.3 is 12.1 Å². The van der Waals surface area contributed by atoms with E-state index in [1.807, 2.05) is 31.3 Å². The number of nitrogens with zero attached hydrogens (tertiary/aromatic N) is 4. The smallest absolute Gasteiger partial charge is 0.475 e. The van der Waals surface area contributed by atoms with Gasteiger partial charge in [-0.25, -0.2) is 9.78 Å². The first-order chi connectivity index (χ1) is 17.5. The van der Waals surface area contributed by atoms with Crippen LogP contribution in [0.2, 0.25) is 5.02 Å². The molecular formula is C26H30ClF3N4O3. The summed E-state index contributed by atoms with van der Waals surface area (Å²) < 4.78 is 37.8. The number of aryl methyl sites for hydroxylation is 1. The number of carboxylic acid groups (broad SMARTS) is 1. The topological polar surface area (TPSA) is 89.7 Å². The monoisotopic (exact) mass is 538 g/mol. The summed E-state index contributed by atoms with van der Waals surface area (Å²) >= 11 is 6.05. The van der Waals surface area contributed by atoms with Gasteiger partial charge in [-0.15, -0.1) is 0 Å². The molecule has 2 aromatic rings. The average molecular weight is 539 g/mol. The molecule has 2 saturated heterocycles. The Morgan fingerprint density at radius 1 is 1.24 bits per heavy atom. The first-order valence-corrected chi connectivity index (χ1v) is 12.4. The highest BCUT2D eigenvalue weighted by atomic mass is 35.5. The van der Waals surface area contributed by atoms with E-state index in [4.69, 9.17) is 26.2 Å². The van der Waals surface area contributed by atoms with E-state index in [1.54, 1.807) is 0 Å². The lowest BCUT2D eigenvalue weighted by atomic mass is 9.96. The molecule has 2 atom stereocenters. The van der Waals surface area contributed by atoms with Gasteiger partial charge in [-0.1, -0.05) is 23.7 Å². The zero-order valence-corrected chi connectivity index (χ0v) is 21.5. The molecule has 2 aliphatic rings. The van der Waals surface area contributed by atoms with Gasteiger partial charge in [0.15, 0.2) is 0 Å². The van der Waals surface area contributed by atoms with Crippen LogP contribution in [0.1, 0.15) is 36.5 Å². The van der Waals surface area contributed by atoms with Crippen LogP contribution in [0.5, 0.6) is 0 Å². The Morgan fingerprint density at radius 2 is 1.86 bits per heavy atom. The maximum absolute atomic E-state index is 10.6. The lowest BCUT2D eigenvalue weighted by molar-refractivity contribution is -0.192. The summed E-state index contributed by atoms with van der Waals surface area (Å²) in [5.41, 5.74) is 3.00. The summed E-state index contributed by atoms with van der Waals surface area (Å²) in [6, 6.07) is 13.3. The Labute approximate surface area is 219 Å². The van der Waals surface area contributed by atoms with Crippen LogP contribution in [0.4, 0.5) is 19.0 Å². The number of rotatable bonds is 4. The van der Waals surface area contributed by atoms with Crippen LogP contribution in [-0.2, 0) is 16.0 Å². The van der Waals surface area contributed by atoms with Gasteiger partial charge in [0.05, 0.1) is 18.3 Å². The molecular weight excluding hydrogens is 509 g/mol. The number of carboxylic acids is 1. The van der Waals surface area contributed by atoms with Crippen molar-refractivity contribution in [2.24, 2.45) is 0 Å². The molecule has 2 aliphatic heterocycles. The predicted octanol–water partition coefficient (Wildman–Crippen LogP) is 4.85. The summed E-state index contributed by atoms with van der Waals surface area (Å²) in [6.45, 7) is 7.73. The van der Waals surface area contributed by atoms with Gasteiger partial charge in [0.25, 0.3) is 0 Å². The summed E-state index contributed by atoms with van der Waals surface area (Å²) in [4.78, 5) is 18.4. The van der Waals surface area contributed by atoms with Gasteiger partial charge in [0.2, 0.25) is 0 Å². The van der Waals surface area contributed by atoms with Crippen LogP contribution in [-0.4, -0.2) is 71.6 Å². The van der Waals surface area contributed by atoms with Gasteiger partial charge in [-0.3, -0.25) is 4.90 Å². The first kappa shape index (κ1) is 28.7. The molecule has 0 unspecified atom stereocenters. The molecule has 1 aromatic carbocycles. The van der Waals surface area contributed by atoms with E-state index in [2.05, 4.69) is 39.9 Å². The normalized spacial score (nSPS) is 21.1. The van der Waals surface area contributed by atoms with Crippen LogP contribution in [0.3, 0.4) is 0 Å². The Bertz CT molecular complexity index is 1100. The number of hydrogen-bond acceptors (Lipinski definition) is 6. The molecule has 0 saturated carbocycles. The maximum Gasteiger partial charge on any atom is 0.490 e. The summed E-state index contributed by atoms with van der Waals surface area (Å²) in [5, 5.41) is 17.5. The van der Waals surface area contributed by atoms with E-state index in [0.717, 1.165) is 61.9 Å². The Morgan fingerprint density at radius 3 is 2.43 bits per heavy atom. The zero-order valence-electron chi connectivity index (χ0n) is 20.7. The third kappa shape index (κ3) is 7.81. The second kappa shape index (κ2) is 12.6. The van der Waals surface area contributed by atoms with Crippen molar-refractivity contribution in [1.29, 1.82) is 5.26 Å². The fourth-order valence-corrected chi connectivity index (χ4v) is 4.84. The number of pyridine rings is 1. The third-order valence-corrected chi connectivity index (χ3v) is 6.87. The Balaban J connectivity index is 0.000000479. The van der Waals surface area contributed by atoms with Crippen LogP contribution in [0.15, 0.2) is 36.5 Å². The summed E-state index contributed by atoms with van der Waals surface area (Å²) in [7, 11) is 0. The van der Waals surface area contributed by atoms with Gasteiger partial charge < -0.3 is 14.7 Å². The van der Waals surface area contributed by atoms with Crippen molar-refractivity contribution >= 4 is 23.4 Å². The first-order valence-electron chi connectivity index (χ1n) is 12.0. The Kier molecular flexibility index (Phi) is 9.76. The van der Waals surface area contributed by atoms with Gasteiger partial charge in [0, 0.05) is 42.9 Å². The number of carbonyl (C=O) groups is 1. The number of aromatic nitrogens is 1. The number of morpholine rings is 1. The largest absolute Gasteiger partial charge is 0.490 e. The van der Waals surface area contributed by atoms with E-state index in [9.17, 15) is 18.4 Å². The number of halogens is 4. The number of piperidine rings is 1. The molecule has 0 spiro atoms. The number of anilines is 1. The second-order valence-corrected chi connectivity index (χ2v) is 9.72. The summed E-state index contributed by atoms with van der Waals surface area (Å²) in [5.74, 6) is -1.92. The highest BCUT2D eigenvalue weighted by molar-refractivity contribution is 6.30. The van der Waals surface area contributed by atoms with Crippen molar-refractivity contribution in [2.45, 2.75) is 57.5 Å². The fraction of sp³-hybridized carbons (Fsp3) is 0.500. The molecule has 37 heavy (non-hydrogen) atoms. The molecule has 0 bridgehead atoms. The minimum absolute atomic E-state index is 0.258. The minimum Gasteiger partial charge on any atom is -0.475 e. The zero-order chi connectivity index (χ0) is 27.2. The lowest BCUT2D eigenvalue weighted by Gasteiger charge is -2.46. The van der Waals surface area contributed by atoms with E-state index < -0.39 is 12.1 Å². The highest BCUT2D eigenvalue weighted by Crippen LogP contribution is 2.28. The Hall–Kier alpha value is -2.87. The van der Waals surface area contributed by atoms with Crippen LogP contribution < -0.4 is 4.90 Å².